The van der Waals surface area contributed by atoms with Crippen molar-refractivity contribution < 1.29 is 4.79 Å². The summed E-state index contributed by atoms with van der Waals surface area (Å²) < 4.78 is 0.339. The number of amides is 1. The number of hydrogen-bond acceptors (Lipinski definition) is 1. The van der Waals surface area contributed by atoms with E-state index in [-0.39, 0.29) is 5.41 Å². The normalized spacial score (nSPS) is 42.4. The van der Waals surface area contributed by atoms with Crippen molar-refractivity contribution in [2.75, 3.05) is 4.90 Å². The largest absolute Gasteiger partial charge is 0.309 e. The molecule has 0 spiro atoms. The third-order valence-electron chi connectivity index (χ3n) is 7.11. The van der Waals surface area contributed by atoms with E-state index in [1.807, 2.05) is 0 Å². The van der Waals surface area contributed by atoms with Crippen molar-refractivity contribution in [3.63, 3.8) is 0 Å². The van der Waals surface area contributed by atoms with Gasteiger partial charge in [0.1, 0.15) is 0 Å². The van der Waals surface area contributed by atoms with E-state index < -0.39 is 0 Å². The van der Waals surface area contributed by atoms with Crippen LogP contribution in [-0.2, 0) is 11.2 Å². The van der Waals surface area contributed by atoms with Crippen molar-refractivity contribution in [3.8, 4) is 0 Å². The smallest absolute Gasteiger partial charge is 0.227 e. The molecular formula is C21H26BrNO. The number of carbonyl (C=O) groups is 1. The molecule has 0 radical (unpaired) electrons. The van der Waals surface area contributed by atoms with Crippen LogP contribution in [0.2, 0.25) is 0 Å². The number of fused-ring (bicyclic) bond motifs is 1. The van der Waals surface area contributed by atoms with Gasteiger partial charge < -0.3 is 4.90 Å². The second kappa shape index (κ2) is 5.09. The van der Waals surface area contributed by atoms with Gasteiger partial charge in [0.2, 0.25) is 5.91 Å². The van der Waals surface area contributed by atoms with E-state index in [2.05, 4.69) is 52.0 Å². The predicted molar refractivity (Wildman–Crippen MR) is 100 cm³/mol. The summed E-state index contributed by atoms with van der Waals surface area (Å²) in [6.07, 6.45) is 9.62. The fraction of sp³-hybridized carbons (Fsp3) is 0.667. The molecule has 1 aromatic rings. The molecule has 2 nitrogen and oxygen atoms in total. The molecule has 1 aromatic carbocycles. The lowest BCUT2D eigenvalue weighted by Gasteiger charge is -2.60. The van der Waals surface area contributed by atoms with Crippen LogP contribution in [0.1, 0.15) is 57.4 Å². The lowest BCUT2D eigenvalue weighted by atomic mass is 9.48. The minimum absolute atomic E-state index is 0.266. The van der Waals surface area contributed by atoms with Crippen molar-refractivity contribution in [1.82, 2.24) is 0 Å². The number of anilines is 1. The monoisotopic (exact) mass is 387 g/mol. The molecule has 3 heteroatoms. The van der Waals surface area contributed by atoms with E-state index in [9.17, 15) is 4.79 Å². The molecule has 2 unspecified atom stereocenters. The number of carbonyl (C=O) groups excluding carboxylic acids is 1. The Bertz CT molecular complexity index is 685. The highest BCUT2D eigenvalue weighted by Gasteiger charge is 2.57. The molecule has 5 atom stereocenters. The Morgan fingerprint density at radius 3 is 2.62 bits per heavy atom. The molecule has 1 amide bonds. The first-order chi connectivity index (χ1) is 11.5. The average molecular weight is 388 g/mol. The first-order valence-corrected chi connectivity index (χ1v) is 10.3. The van der Waals surface area contributed by atoms with E-state index in [4.69, 9.17) is 0 Å². The summed E-state index contributed by atoms with van der Waals surface area (Å²) in [5.41, 5.74) is 2.76. The van der Waals surface area contributed by atoms with Crippen molar-refractivity contribution in [2.45, 2.75) is 68.7 Å². The number of alkyl halides is 1. The van der Waals surface area contributed by atoms with Gasteiger partial charge in [-0.15, -0.1) is 0 Å². The van der Waals surface area contributed by atoms with Gasteiger partial charge in [0.05, 0.1) is 0 Å². The summed E-state index contributed by atoms with van der Waals surface area (Å²) in [7, 11) is 0. The van der Waals surface area contributed by atoms with Crippen LogP contribution in [-0.4, -0.2) is 16.3 Å². The van der Waals surface area contributed by atoms with Crippen molar-refractivity contribution in [1.29, 1.82) is 0 Å². The van der Waals surface area contributed by atoms with Crippen LogP contribution in [0.25, 0.3) is 0 Å². The number of nitrogens with zero attached hydrogens (tertiary/aromatic N) is 1. The van der Waals surface area contributed by atoms with Gasteiger partial charge in [0, 0.05) is 22.5 Å². The van der Waals surface area contributed by atoms with Gasteiger partial charge >= 0.3 is 0 Å². The fourth-order valence-corrected chi connectivity index (χ4v) is 8.40. The zero-order valence-electron chi connectivity index (χ0n) is 14.4. The molecule has 4 fully saturated rings. The highest BCUT2D eigenvalue weighted by atomic mass is 79.9. The molecule has 128 valence electrons. The molecule has 6 rings (SSSR count). The Kier molecular flexibility index (Phi) is 3.27. The molecular weight excluding hydrogens is 362 g/mol. The van der Waals surface area contributed by atoms with Gasteiger partial charge in [0.25, 0.3) is 0 Å². The maximum atomic E-state index is 13.3. The van der Waals surface area contributed by atoms with Gasteiger partial charge in [0.15, 0.2) is 0 Å². The zero-order chi connectivity index (χ0) is 16.5. The van der Waals surface area contributed by atoms with Gasteiger partial charge in [-0.3, -0.25) is 4.79 Å². The minimum atomic E-state index is 0.266. The van der Waals surface area contributed by atoms with E-state index in [0.717, 1.165) is 30.4 Å². The van der Waals surface area contributed by atoms with Crippen LogP contribution in [0, 0.1) is 17.3 Å². The number of benzene rings is 1. The fourth-order valence-electron chi connectivity index (χ4n) is 6.89. The molecule has 1 aliphatic heterocycles. The first-order valence-electron chi connectivity index (χ1n) is 9.54. The molecule has 4 aliphatic carbocycles. The van der Waals surface area contributed by atoms with Crippen LogP contribution in [0.4, 0.5) is 5.69 Å². The Morgan fingerprint density at radius 1 is 1.21 bits per heavy atom. The third kappa shape index (κ3) is 2.30. The van der Waals surface area contributed by atoms with E-state index in [1.165, 1.54) is 44.1 Å². The molecule has 4 saturated carbocycles. The number of rotatable bonds is 2. The Hall–Kier alpha value is -0.830. The summed E-state index contributed by atoms with van der Waals surface area (Å²) in [5, 5.41) is 0. The van der Waals surface area contributed by atoms with Crippen molar-refractivity contribution in [2.24, 2.45) is 17.3 Å². The van der Waals surface area contributed by atoms with E-state index in [1.54, 1.807) is 0 Å². The quantitative estimate of drug-likeness (QED) is 0.647. The van der Waals surface area contributed by atoms with Gasteiger partial charge in [-0.2, -0.15) is 0 Å². The van der Waals surface area contributed by atoms with Crippen LogP contribution in [0.15, 0.2) is 24.3 Å². The van der Waals surface area contributed by atoms with E-state index in [0.29, 0.717) is 16.3 Å². The van der Waals surface area contributed by atoms with Gasteiger partial charge in [-0.05, 0) is 80.8 Å². The third-order valence-corrected chi connectivity index (χ3v) is 8.04. The predicted octanol–water partition coefficient (Wildman–Crippen LogP) is 5.09. The van der Waals surface area contributed by atoms with Gasteiger partial charge in [-0.1, -0.05) is 34.1 Å². The van der Waals surface area contributed by atoms with E-state index >= 15 is 0 Å². The standard InChI is InChI=1S/C21H26BrNO/c1-14-6-17-4-2-3-5-18(17)23(14)19(24)12-20-8-15-7-16(9-20)11-21(22,10-15)13-20/h2-5,14-16H,6-13H2,1H3/t14-,15-,16+,20?,21?/m0/s1. The molecule has 24 heavy (non-hydrogen) atoms. The van der Waals surface area contributed by atoms with Gasteiger partial charge in [-0.25, -0.2) is 0 Å². The Morgan fingerprint density at radius 2 is 1.92 bits per heavy atom. The molecule has 0 N–H and O–H groups in total. The van der Waals surface area contributed by atoms with Crippen LogP contribution >= 0.6 is 15.9 Å². The number of hydrogen-bond donors (Lipinski definition) is 0. The SMILES string of the molecule is C[C@H]1Cc2ccccc2N1C(=O)CC12C[C@@H]3C[C@@H](CC(Br)(C3)C1)C2. The maximum absolute atomic E-state index is 13.3. The lowest BCUT2D eigenvalue weighted by molar-refractivity contribution is -0.125. The molecule has 1 heterocycles. The number of para-hydroxylation sites is 1. The topological polar surface area (TPSA) is 20.3 Å². The zero-order valence-corrected chi connectivity index (χ0v) is 16.0. The molecule has 0 saturated heterocycles. The van der Waals surface area contributed by atoms with Crippen molar-refractivity contribution >= 4 is 27.5 Å². The molecule has 4 bridgehead atoms. The summed E-state index contributed by atoms with van der Waals surface area (Å²) in [4.78, 5) is 15.4. The second-order valence-corrected chi connectivity index (χ2v) is 10.9. The summed E-state index contributed by atoms with van der Waals surface area (Å²) in [5.74, 6) is 2.06. The highest BCUT2D eigenvalue weighted by Crippen LogP contribution is 2.65. The minimum Gasteiger partial charge on any atom is -0.309 e. The maximum Gasteiger partial charge on any atom is 0.227 e. The average Bonchev–Trinajstić information content (AvgIpc) is 2.79. The first kappa shape index (κ1) is 15.4. The van der Waals surface area contributed by atoms with Crippen molar-refractivity contribution in [3.05, 3.63) is 29.8 Å². The second-order valence-electron chi connectivity index (χ2n) is 9.23. The summed E-state index contributed by atoms with van der Waals surface area (Å²) in [6.45, 7) is 2.20. The summed E-state index contributed by atoms with van der Waals surface area (Å²) >= 11 is 4.08. The number of halogens is 1. The molecule has 5 aliphatic rings. The lowest BCUT2D eigenvalue weighted by Crippen LogP contribution is -2.54. The molecule has 0 aromatic heterocycles. The van der Waals surface area contributed by atoms with Crippen LogP contribution in [0.5, 0.6) is 0 Å². The summed E-state index contributed by atoms with van der Waals surface area (Å²) in [6, 6.07) is 8.77. The van der Waals surface area contributed by atoms with Crippen LogP contribution < -0.4 is 4.90 Å². The highest BCUT2D eigenvalue weighted by molar-refractivity contribution is 9.10. The van der Waals surface area contributed by atoms with Crippen LogP contribution in [0.3, 0.4) is 0 Å². The Labute approximate surface area is 153 Å². The Balaban J connectivity index is 1.41.